The summed E-state index contributed by atoms with van der Waals surface area (Å²) in [6.45, 7) is 7.45. The molecule has 0 saturated heterocycles. The molecule has 0 fully saturated rings. The highest BCUT2D eigenvalue weighted by Gasteiger charge is 2.17. The first kappa shape index (κ1) is 17.4. The Kier molecular flexibility index (Phi) is 6.36. The molecule has 4 nitrogen and oxygen atoms in total. The van der Waals surface area contributed by atoms with Crippen molar-refractivity contribution in [2.75, 3.05) is 33.9 Å². The Balaban J connectivity index is 2.01. The maximum absolute atomic E-state index is 6.29. The van der Waals surface area contributed by atoms with Gasteiger partial charge in [0.2, 0.25) is 0 Å². The van der Waals surface area contributed by atoms with Gasteiger partial charge in [-0.25, -0.2) is 0 Å². The second-order valence-corrected chi connectivity index (χ2v) is 6.98. The van der Waals surface area contributed by atoms with Gasteiger partial charge in [-0.1, -0.05) is 25.4 Å². The minimum atomic E-state index is 0.460. The van der Waals surface area contributed by atoms with Gasteiger partial charge < -0.3 is 19.7 Å². The van der Waals surface area contributed by atoms with Crippen LogP contribution < -0.4 is 14.8 Å². The van der Waals surface area contributed by atoms with E-state index in [-0.39, 0.29) is 0 Å². The van der Waals surface area contributed by atoms with Gasteiger partial charge in [-0.15, -0.1) is 0 Å². The van der Waals surface area contributed by atoms with Gasteiger partial charge in [0.15, 0.2) is 11.5 Å². The van der Waals surface area contributed by atoms with Gasteiger partial charge in [-0.05, 0) is 44.1 Å². The molecular weight excluding hydrogens is 300 g/mol. The third-order valence-corrected chi connectivity index (χ3v) is 3.87. The van der Waals surface area contributed by atoms with Gasteiger partial charge in [0, 0.05) is 19.1 Å². The van der Waals surface area contributed by atoms with Crippen LogP contribution >= 0.6 is 11.6 Å². The summed E-state index contributed by atoms with van der Waals surface area (Å²) in [5.74, 6) is 2.09. The Hall–Kier alpha value is -0.970. The van der Waals surface area contributed by atoms with E-state index in [1.807, 2.05) is 12.1 Å². The lowest BCUT2D eigenvalue weighted by Crippen LogP contribution is -2.38. The third kappa shape index (κ3) is 5.04. The topological polar surface area (TPSA) is 33.7 Å². The molecule has 0 radical (unpaired) electrons. The zero-order valence-corrected chi connectivity index (χ0v) is 14.7. The highest BCUT2D eigenvalue weighted by molar-refractivity contribution is 6.32. The number of hydrogen-bond donors (Lipinski definition) is 1. The maximum Gasteiger partial charge on any atom is 0.179 e. The van der Waals surface area contributed by atoms with Gasteiger partial charge in [0.05, 0.1) is 5.02 Å². The molecule has 2 rings (SSSR count). The summed E-state index contributed by atoms with van der Waals surface area (Å²) in [6, 6.07) is 4.45. The number of ether oxygens (including phenoxy) is 2. The van der Waals surface area contributed by atoms with Gasteiger partial charge >= 0.3 is 0 Å². The molecule has 0 amide bonds. The molecule has 0 aromatic heterocycles. The van der Waals surface area contributed by atoms with Crippen LogP contribution in [0.4, 0.5) is 0 Å². The number of nitrogens with zero attached hydrogens (tertiary/aromatic N) is 1. The Bertz CT molecular complexity index is 482. The number of hydrogen-bond acceptors (Lipinski definition) is 4. The van der Waals surface area contributed by atoms with Crippen LogP contribution in [0.1, 0.15) is 25.8 Å². The zero-order valence-electron chi connectivity index (χ0n) is 14.0. The van der Waals surface area contributed by atoms with E-state index in [0.29, 0.717) is 35.9 Å². The lowest BCUT2D eigenvalue weighted by atomic mass is 10.0. The number of benzene rings is 1. The number of fused-ring (bicyclic) bond motifs is 1. The summed E-state index contributed by atoms with van der Waals surface area (Å²) in [4.78, 5) is 2.22. The van der Waals surface area contributed by atoms with Crippen LogP contribution in [0.3, 0.4) is 0 Å². The first-order valence-electron chi connectivity index (χ1n) is 7.92. The molecule has 0 spiro atoms. The summed E-state index contributed by atoms with van der Waals surface area (Å²) < 4.78 is 11.2. The summed E-state index contributed by atoms with van der Waals surface area (Å²) in [6.07, 6.45) is 1.15. The molecule has 5 heteroatoms. The predicted molar refractivity (Wildman–Crippen MR) is 91.1 cm³/mol. The molecule has 1 aliphatic heterocycles. The van der Waals surface area contributed by atoms with E-state index in [0.717, 1.165) is 30.8 Å². The molecule has 1 heterocycles. The fourth-order valence-corrected chi connectivity index (χ4v) is 3.05. The van der Waals surface area contributed by atoms with E-state index in [1.165, 1.54) is 0 Å². The van der Waals surface area contributed by atoms with Crippen LogP contribution in [0.25, 0.3) is 0 Å². The Morgan fingerprint density at radius 3 is 2.64 bits per heavy atom. The van der Waals surface area contributed by atoms with Crippen molar-refractivity contribution in [1.29, 1.82) is 0 Å². The predicted octanol–water partition coefficient (Wildman–Crippen LogP) is 3.18. The van der Waals surface area contributed by atoms with Gasteiger partial charge in [-0.2, -0.15) is 0 Å². The van der Waals surface area contributed by atoms with Crippen molar-refractivity contribution in [1.82, 2.24) is 10.2 Å². The van der Waals surface area contributed by atoms with Crippen molar-refractivity contribution in [2.45, 2.75) is 32.9 Å². The van der Waals surface area contributed by atoms with Crippen molar-refractivity contribution in [3.63, 3.8) is 0 Å². The normalized spacial score (nSPS) is 15.4. The largest absolute Gasteiger partial charge is 0.486 e. The van der Waals surface area contributed by atoms with Crippen LogP contribution in [0.5, 0.6) is 11.5 Å². The quantitative estimate of drug-likeness (QED) is 0.834. The van der Waals surface area contributed by atoms with Crippen LogP contribution in [-0.4, -0.2) is 44.8 Å². The Morgan fingerprint density at radius 2 is 1.95 bits per heavy atom. The lowest BCUT2D eigenvalue weighted by Gasteiger charge is -2.25. The summed E-state index contributed by atoms with van der Waals surface area (Å²) in [7, 11) is 4.21. The molecule has 1 aliphatic rings. The first-order valence-corrected chi connectivity index (χ1v) is 8.29. The SMILES string of the molecule is CC(C)CC(CN(C)C)NCc1cc(Cl)c2c(c1)OCCO2. The third-order valence-electron chi connectivity index (χ3n) is 3.59. The molecule has 0 saturated carbocycles. The fourth-order valence-electron chi connectivity index (χ4n) is 2.76. The Labute approximate surface area is 138 Å². The smallest absolute Gasteiger partial charge is 0.179 e. The molecule has 0 bridgehead atoms. The van der Waals surface area contributed by atoms with Crippen molar-refractivity contribution in [3.05, 3.63) is 22.7 Å². The molecule has 1 aromatic carbocycles. The number of rotatable bonds is 7. The van der Waals surface area contributed by atoms with Crippen LogP contribution in [0.2, 0.25) is 5.02 Å². The number of likely N-dealkylation sites (N-methyl/N-ethyl adjacent to an activating group) is 1. The average molecular weight is 327 g/mol. The molecule has 1 atom stereocenters. The molecule has 124 valence electrons. The van der Waals surface area contributed by atoms with Crippen molar-refractivity contribution >= 4 is 11.6 Å². The van der Waals surface area contributed by atoms with Crippen LogP contribution in [-0.2, 0) is 6.54 Å². The molecule has 0 aliphatic carbocycles. The van der Waals surface area contributed by atoms with Crippen LogP contribution in [0.15, 0.2) is 12.1 Å². The highest BCUT2D eigenvalue weighted by Crippen LogP contribution is 2.38. The van der Waals surface area contributed by atoms with E-state index >= 15 is 0 Å². The molecular formula is C17H27ClN2O2. The summed E-state index contributed by atoms with van der Waals surface area (Å²) in [5.41, 5.74) is 1.13. The van der Waals surface area contributed by atoms with Gasteiger partial charge in [0.1, 0.15) is 13.2 Å². The monoisotopic (exact) mass is 326 g/mol. The van der Waals surface area contributed by atoms with E-state index in [4.69, 9.17) is 21.1 Å². The number of nitrogens with one attached hydrogen (secondary N) is 1. The standard InChI is InChI=1S/C17H27ClN2O2/c1-12(2)7-14(11-20(3)4)19-10-13-8-15(18)17-16(9-13)21-5-6-22-17/h8-9,12,14,19H,5-7,10-11H2,1-4H3. The molecule has 1 aromatic rings. The first-order chi connectivity index (χ1) is 10.5. The highest BCUT2D eigenvalue weighted by atomic mass is 35.5. The van der Waals surface area contributed by atoms with E-state index in [9.17, 15) is 0 Å². The fraction of sp³-hybridized carbons (Fsp3) is 0.647. The number of halogens is 1. The molecule has 1 unspecified atom stereocenters. The van der Waals surface area contributed by atoms with Crippen molar-refractivity contribution < 1.29 is 9.47 Å². The van der Waals surface area contributed by atoms with Crippen LogP contribution in [0, 0.1) is 5.92 Å². The van der Waals surface area contributed by atoms with E-state index in [1.54, 1.807) is 0 Å². The maximum atomic E-state index is 6.29. The second kappa shape index (κ2) is 8.04. The minimum Gasteiger partial charge on any atom is -0.486 e. The molecule has 22 heavy (non-hydrogen) atoms. The van der Waals surface area contributed by atoms with Crippen molar-refractivity contribution in [3.8, 4) is 11.5 Å². The average Bonchev–Trinajstić information content (AvgIpc) is 2.44. The molecule has 1 N–H and O–H groups in total. The summed E-state index contributed by atoms with van der Waals surface area (Å²) >= 11 is 6.29. The zero-order chi connectivity index (χ0) is 16.1. The van der Waals surface area contributed by atoms with E-state index < -0.39 is 0 Å². The van der Waals surface area contributed by atoms with E-state index in [2.05, 4.69) is 38.2 Å². The van der Waals surface area contributed by atoms with Gasteiger partial charge in [0.25, 0.3) is 0 Å². The summed E-state index contributed by atoms with van der Waals surface area (Å²) in [5, 5.41) is 4.26. The Morgan fingerprint density at radius 1 is 1.23 bits per heavy atom. The van der Waals surface area contributed by atoms with Gasteiger partial charge in [-0.3, -0.25) is 0 Å². The second-order valence-electron chi connectivity index (χ2n) is 6.57. The minimum absolute atomic E-state index is 0.460. The lowest BCUT2D eigenvalue weighted by molar-refractivity contribution is 0.171. The van der Waals surface area contributed by atoms with Crippen molar-refractivity contribution in [2.24, 2.45) is 5.92 Å².